The minimum atomic E-state index is -0.599. The molecule has 0 bridgehead atoms. The van der Waals surface area contributed by atoms with Crippen LogP contribution in [0.3, 0.4) is 0 Å². The van der Waals surface area contributed by atoms with Gasteiger partial charge in [0.25, 0.3) is 11.6 Å². The SMILES string of the molecule is CNc1ccc([N+](=O)[O-])c(C(=O)Nc2ncccc2Br)c1. The second-order valence-electron chi connectivity index (χ2n) is 4.03. The Balaban J connectivity index is 2.38. The number of benzene rings is 1. The van der Waals surface area contributed by atoms with Crippen LogP contribution >= 0.6 is 15.9 Å². The van der Waals surface area contributed by atoms with Gasteiger partial charge in [-0.3, -0.25) is 14.9 Å². The smallest absolute Gasteiger partial charge is 0.282 e. The highest BCUT2D eigenvalue weighted by atomic mass is 79.9. The van der Waals surface area contributed by atoms with Gasteiger partial charge in [0.2, 0.25) is 0 Å². The molecule has 0 saturated carbocycles. The number of anilines is 2. The number of amides is 1. The molecule has 7 nitrogen and oxygen atoms in total. The van der Waals surface area contributed by atoms with Crippen molar-refractivity contribution in [3.63, 3.8) is 0 Å². The minimum Gasteiger partial charge on any atom is -0.388 e. The highest BCUT2D eigenvalue weighted by Gasteiger charge is 2.21. The fourth-order valence-electron chi connectivity index (χ4n) is 1.69. The van der Waals surface area contributed by atoms with Crippen molar-refractivity contribution in [2.45, 2.75) is 0 Å². The second-order valence-corrected chi connectivity index (χ2v) is 4.88. The Kier molecular flexibility index (Phi) is 4.49. The van der Waals surface area contributed by atoms with Crippen molar-refractivity contribution in [1.29, 1.82) is 0 Å². The normalized spacial score (nSPS) is 10.0. The van der Waals surface area contributed by atoms with Gasteiger partial charge in [0.1, 0.15) is 11.4 Å². The van der Waals surface area contributed by atoms with E-state index in [-0.39, 0.29) is 11.3 Å². The number of nitro benzene ring substituents is 1. The summed E-state index contributed by atoms with van der Waals surface area (Å²) in [7, 11) is 1.66. The quantitative estimate of drug-likeness (QED) is 0.652. The summed E-state index contributed by atoms with van der Waals surface area (Å²) < 4.78 is 0.589. The van der Waals surface area contributed by atoms with E-state index in [1.54, 1.807) is 19.2 Å². The van der Waals surface area contributed by atoms with E-state index < -0.39 is 10.8 Å². The molecular formula is C13H11BrN4O3. The lowest BCUT2D eigenvalue weighted by Crippen LogP contribution is -2.15. The first-order valence-electron chi connectivity index (χ1n) is 5.91. The zero-order chi connectivity index (χ0) is 15.4. The van der Waals surface area contributed by atoms with Gasteiger partial charge in [0.15, 0.2) is 0 Å². The van der Waals surface area contributed by atoms with Gasteiger partial charge in [-0.2, -0.15) is 0 Å². The van der Waals surface area contributed by atoms with Crippen LogP contribution in [0.4, 0.5) is 17.2 Å². The van der Waals surface area contributed by atoms with Crippen LogP contribution in [0.5, 0.6) is 0 Å². The predicted octanol–water partition coefficient (Wildman–Crippen LogP) is 3.05. The number of pyridine rings is 1. The summed E-state index contributed by atoms with van der Waals surface area (Å²) in [6.45, 7) is 0. The van der Waals surface area contributed by atoms with Gasteiger partial charge in [0.05, 0.1) is 9.40 Å². The number of hydrogen-bond acceptors (Lipinski definition) is 5. The first-order valence-corrected chi connectivity index (χ1v) is 6.70. The van der Waals surface area contributed by atoms with Crippen LogP contribution in [-0.2, 0) is 0 Å². The molecule has 0 atom stereocenters. The van der Waals surface area contributed by atoms with Gasteiger partial charge in [-0.25, -0.2) is 4.98 Å². The molecule has 2 N–H and O–H groups in total. The first-order chi connectivity index (χ1) is 10.0. The fraction of sp³-hybridized carbons (Fsp3) is 0.0769. The molecule has 0 aliphatic carbocycles. The van der Waals surface area contributed by atoms with Gasteiger partial charge < -0.3 is 10.6 Å². The van der Waals surface area contributed by atoms with Gasteiger partial charge in [-0.05, 0) is 40.2 Å². The summed E-state index contributed by atoms with van der Waals surface area (Å²) in [5.41, 5.74) is 0.300. The van der Waals surface area contributed by atoms with E-state index in [1.807, 2.05) is 0 Å². The van der Waals surface area contributed by atoms with E-state index in [2.05, 4.69) is 31.5 Å². The molecule has 0 unspecified atom stereocenters. The molecule has 0 fully saturated rings. The molecule has 0 saturated heterocycles. The highest BCUT2D eigenvalue weighted by molar-refractivity contribution is 9.10. The molecule has 1 amide bonds. The standard InChI is InChI=1S/C13H11BrN4O3/c1-15-8-4-5-11(18(20)21)9(7-8)13(19)17-12-10(14)3-2-6-16-12/h2-7,15H,1H3,(H,16,17,19). The predicted molar refractivity (Wildman–Crippen MR) is 82.5 cm³/mol. The summed E-state index contributed by atoms with van der Waals surface area (Å²) in [5.74, 6) is -0.301. The van der Waals surface area contributed by atoms with E-state index in [1.165, 1.54) is 24.4 Å². The Hall–Kier alpha value is -2.48. The van der Waals surface area contributed by atoms with Crippen LogP contribution < -0.4 is 10.6 Å². The first kappa shape index (κ1) is 14.9. The van der Waals surface area contributed by atoms with Crippen LogP contribution in [0.25, 0.3) is 0 Å². The van der Waals surface area contributed by atoms with Crippen molar-refractivity contribution >= 4 is 39.0 Å². The van der Waals surface area contributed by atoms with E-state index >= 15 is 0 Å². The van der Waals surface area contributed by atoms with Crippen molar-refractivity contribution in [2.24, 2.45) is 0 Å². The number of aromatic nitrogens is 1. The number of nitro groups is 1. The monoisotopic (exact) mass is 350 g/mol. The third-order valence-electron chi connectivity index (χ3n) is 2.72. The zero-order valence-corrected chi connectivity index (χ0v) is 12.5. The fourth-order valence-corrected chi connectivity index (χ4v) is 2.04. The van der Waals surface area contributed by atoms with E-state index in [4.69, 9.17) is 0 Å². The minimum absolute atomic E-state index is 0.0376. The highest BCUT2D eigenvalue weighted by Crippen LogP contribution is 2.25. The maximum Gasteiger partial charge on any atom is 0.282 e. The molecule has 1 heterocycles. The second kappa shape index (κ2) is 6.31. The number of halogens is 1. The molecule has 0 aliphatic rings. The largest absolute Gasteiger partial charge is 0.388 e. The van der Waals surface area contributed by atoms with Crippen molar-refractivity contribution in [3.05, 3.63) is 56.7 Å². The lowest BCUT2D eigenvalue weighted by atomic mass is 10.1. The molecular weight excluding hydrogens is 340 g/mol. The van der Waals surface area contributed by atoms with E-state index in [0.717, 1.165) is 0 Å². The third kappa shape index (κ3) is 3.34. The Morgan fingerprint density at radius 2 is 2.14 bits per heavy atom. The number of hydrogen-bond donors (Lipinski definition) is 2. The average Bonchev–Trinajstić information content (AvgIpc) is 2.48. The maximum atomic E-state index is 12.3. The molecule has 2 aromatic rings. The van der Waals surface area contributed by atoms with Crippen LogP contribution in [0.1, 0.15) is 10.4 Å². The summed E-state index contributed by atoms with van der Waals surface area (Å²) in [5, 5.41) is 16.4. The Bertz CT molecular complexity index is 706. The Morgan fingerprint density at radius 3 is 2.76 bits per heavy atom. The van der Waals surface area contributed by atoms with E-state index in [0.29, 0.717) is 16.0 Å². The molecule has 108 valence electrons. The lowest BCUT2D eigenvalue weighted by molar-refractivity contribution is -0.385. The molecule has 2 rings (SSSR count). The molecule has 21 heavy (non-hydrogen) atoms. The molecule has 1 aromatic heterocycles. The number of carbonyl (C=O) groups excluding carboxylic acids is 1. The number of nitrogens with one attached hydrogen (secondary N) is 2. The lowest BCUT2D eigenvalue weighted by Gasteiger charge is -2.08. The summed E-state index contributed by atoms with van der Waals surface area (Å²) in [4.78, 5) is 26.7. The van der Waals surface area contributed by atoms with Crippen molar-refractivity contribution in [2.75, 3.05) is 17.7 Å². The van der Waals surface area contributed by atoms with Crippen molar-refractivity contribution in [1.82, 2.24) is 4.98 Å². The number of carbonyl (C=O) groups is 1. The van der Waals surface area contributed by atoms with Crippen molar-refractivity contribution < 1.29 is 9.72 Å². The van der Waals surface area contributed by atoms with Gasteiger partial charge in [-0.1, -0.05) is 0 Å². The topological polar surface area (TPSA) is 97.2 Å². The molecule has 0 spiro atoms. The van der Waals surface area contributed by atoms with Gasteiger partial charge in [-0.15, -0.1) is 0 Å². The van der Waals surface area contributed by atoms with E-state index in [9.17, 15) is 14.9 Å². The van der Waals surface area contributed by atoms with Gasteiger partial charge >= 0.3 is 0 Å². The summed E-state index contributed by atoms with van der Waals surface area (Å²) in [6, 6.07) is 7.65. The van der Waals surface area contributed by atoms with Crippen LogP contribution in [0, 0.1) is 10.1 Å². The summed E-state index contributed by atoms with van der Waals surface area (Å²) >= 11 is 3.25. The maximum absolute atomic E-state index is 12.3. The summed E-state index contributed by atoms with van der Waals surface area (Å²) in [6.07, 6.45) is 1.51. The molecule has 8 heteroatoms. The molecule has 0 aliphatic heterocycles. The molecule has 0 radical (unpaired) electrons. The van der Waals surface area contributed by atoms with Crippen LogP contribution in [0.15, 0.2) is 41.0 Å². The van der Waals surface area contributed by atoms with Crippen molar-refractivity contribution in [3.8, 4) is 0 Å². The Labute approximate surface area is 128 Å². The van der Waals surface area contributed by atoms with Gasteiger partial charge in [0, 0.05) is 25.0 Å². The Morgan fingerprint density at radius 1 is 1.38 bits per heavy atom. The van der Waals surface area contributed by atoms with Crippen LogP contribution in [0.2, 0.25) is 0 Å². The van der Waals surface area contributed by atoms with Crippen LogP contribution in [-0.4, -0.2) is 22.9 Å². The number of nitrogens with zero attached hydrogens (tertiary/aromatic N) is 2. The average molecular weight is 351 g/mol. The number of rotatable bonds is 4. The molecule has 1 aromatic carbocycles. The zero-order valence-electron chi connectivity index (χ0n) is 11.0. The third-order valence-corrected chi connectivity index (χ3v) is 3.36.